The van der Waals surface area contributed by atoms with E-state index in [2.05, 4.69) is 11.2 Å². The molecule has 0 atom stereocenters. The molecule has 0 aliphatic carbocycles. The number of terminal acetylenes is 1. The van der Waals surface area contributed by atoms with Gasteiger partial charge in [0.1, 0.15) is 0 Å². The second-order valence-electron chi connectivity index (χ2n) is 2.62. The lowest BCUT2D eigenvalue weighted by Gasteiger charge is -2.04. The van der Waals surface area contributed by atoms with Gasteiger partial charge < -0.3 is 11.1 Å². The highest BCUT2D eigenvalue weighted by molar-refractivity contribution is 6.31. The summed E-state index contributed by atoms with van der Waals surface area (Å²) < 4.78 is 0. The summed E-state index contributed by atoms with van der Waals surface area (Å²) in [6.45, 7) is 0.181. The molecular formula is C10H9ClN2O. The Morgan fingerprint density at radius 1 is 1.64 bits per heavy atom. The van der Waals surface area contributed by atoms with Gasteiger partial charge in [0, 0.05) is 10.7 Å². The number of nitrogens with two attached hydrogens (primary N) is 1. The maximum atomic E-state index is 11.4. The van der Waals surface area contributed by atoms with E-state index < -0.39 is 0 Å². The fraction of sp³-hybridized carbons (Fsp3) is 0.100. The summed E-state index contributed by atoms with van der Waals surface area (Å²) in [6, 6.07) is 4.68. The van der Waals surface area contributed by atoms with E-state index in [0.717, 1.165) is 0 Å². The van der Waals surface area contributed by atoms with Gasteiger partial charge in [-0.25, -0.2) is 0 Å². The molecule has 1 aromatic rings. The molecule has 1 amide bonds. The van der Waals surface area contributed by atoms with E-state index >= 15 is 0 Å². The number of benzene rings is 1. The highest BCUT2D eigenvalue weighted by Gasteiger charge is 2.08. The standard InChI is InChI=1S/C10H9ClN2O/c1-2-5-13-10(14)8-4-3-7(11)6-9(8)12/h1,3-4,6H,5,12H2,(H,13,14). The minimum atomic E-state index is -0.294. The summed E-state index contributed by atoms with van der Waals surface area (Å²) in [5.74, 6) is 2.01. The minimum absolute atomic E-state index is 0.181. The number of nitrogens with one attached hydrogen (secondary N) is 1. The number of carbonyl (C=O) groups excluding carboxylic acids is 1. The molecule has 0 spiro atoms. The fourth-order valence-corrected chi connectivity index (χ4v) is 1.15. The van der Waals surface area contributed by atoms with Gasteiger partial charge >= 0.3 is 0 Å². The molecule has 0 saturated heterocycles. The van der Waals surface area contributed by atoms with Gasteiger partial charge in [0.15, 0.2) is 0 Å². The van der Waals surface area contributed by atoms with Gasteiger partial charge in [-0.15, -0.1) is 6.42 Å². The number of hydrogen-bond donors (Lipinski definition) is 2. The lowest BCUT2D eigenvalue weighted by atomic mass is 10.1. The Balaban J connectivity index is 2.86. The first-order valence-electron chi connectivity index (χ1n) is 3.92. The molecule has 1 aromatic carbocycles. The number of nitrogen functional groups attached to an aromatic ring is 1. The number of carbonyl (C=O) groups is 1. The number of anilines is 1. The Hall–Kier alpha value is -1.66. The highest BCUT2D eigenvalue weighted by Crippen LogP contribution is 2.17. The van der Waals surface area contributed by atoms with Crippen molar-refractivity contribution in [1.82, 2.24) is 5.32 Å². The largest absolute Gasteiger partial charge is 0.398 e. The molecule has 0 fully saturated rings. The molecule has 1 rings (SSSR count). The number of halogens is 1. The van der Waals surface area contributed by atoms with Gasteiger partial charge in [-0.3, -0.25) is 4.79 Å². The van der Waals surface area contributed by atoms with Crippen molar-refractivity contribution >= 4 is 23.2 Å². The SMILES string of the molecule is C#CCNC(=O)c1ccc(Cl)cc1N. The van der Waals surface area contributed by atoms with Crippen LogP contribution in [0.15, 0.2) is 18.2 Å². The summed E-state index contributed by atoms with van der Waals surface area (Å²) in [6.07, 6.45) is 5.00. The first kappa shape index (κ1) is 10.4. The molecule has 3 nitrogen and oxygen atoms in total. The van der Waals surface area contributed by atoms with E-state index in [1.807, 2.05) is 0 Å². The van der Waals surface area contributed by atoms with Crippen LogP contribution in [0.4, 0.5) is 5.69 Å². The Kier molecular flexibility index (Phi) is 3.38. The molecule has 0 unspecified atom stereocenters. The van der Waals surface area contributed by atoms with Crippen molar-refractivity contribution in [1.29, 1.82) is 0 Å². The van der Waals surface area contributed by atoms with Crippen LogP contribution in [0.5, 0.6) is 0 Å². The van der Waals surface area contributed by atoms with Crippen LogP contribution in [0.2, 0.25) is 5.02 Å². The van der Waals surface area contributed by atoms with Gasteiger partial charge in [0.25, 0.3) is 5.91 Å². The fourth-order valence-electron chi connectivity index (χ4n) is 0.967. The molecule has 0 heterocycles. The number of amides is 1. The van der Waals surface area contributed by atoms with E-state index in [1.165, 1.54) is 6.07 Å². The lowest BCUT2D eigenvalue weighted by Crippen LogP contribution is -2.24. The van der Waals surface area contributed by atoms with Crippen LogP contribution >= 0.6 is 11.6 Å². The van der Waals surface area contributed by atoms with E-state index in [4.69, 9.17) is 23.8 Å². The van der Waals surface area contributed by atoms with Crippen LogP contribution in [0, 0.1) is 12.3 Å². The predicted molar refractivity (Wildman–Crippen MR) is 57.0 cm³/mol. The second-order valence-corrected chi connectivity index (χ2v) is 3.05. The Morgan fingerprint density at radius 2 is 2.36 bits per heavy atom. The van der Waals surface area contributed by atoms with Gasteiger partial charge in [0.2, 0.25) is 0 Å². The molecule has 0 bridgehead atoms. The Labute approximate surface area is 87.2 Å². The zero-order valence-electron chi connectivity index (χ0n) is 7.38. The van der Waals surface area contributed by atoms with Gasteiger partial charge in [-0.2, -0.15) is 0 Å². The third-order valence-electron chi connectivity index (χ3n) is 1.61. The molecule has 0 saturated carbocycles. The predicted octanol–water partition coefficient (Wildman–Crippen LogP) is 1.29. The zero-order chi connectivity index (χ0) is 10.6. The quantitative estimate of drug-likeness (QED) is 0.568. The van der Waals surface area contributed by atoms with Crippen LogP contribution < -0.4 is 11.1 Å². The average Bonchev–Trinajstić information content (AvgIpc) is 2.14. The third-order valence-corrected chi connectivity index (χ3v) is 1.84. The molecule has 0 aromatic heterocycles. The maximum absolute atomic E-state index is 11.4. The van der Waals surface area contributed by atoms with Crippen LogP contribution in [0.25, 0.3) is 0 Å². The van der Waals surface area contributed by atoms with Crippen LogP contribution in [-0.4, -0.2) is 12.5 Å². The van der Waals surface area contributed by atoms with Crippen LogP contribution in [-0.2, 0) is 0 Å². The molecule has 0 aliphatic rings. The summed E-state index contributed by atoms with van der Waals surface area (Å²) in [7, 11) is 0. The monoisotopic (exact) mass is 208 g/mol. The molecule has 72 valence electrons. The molecule has 0 radical (unpaired) electrons. The normalized spacial score (nSPS) is 9.14. The molecular weight excluding hydrogens is 200 g/mol. The summed E-state index contributed by atoms with van der Waals surface area (Å²) in [5, 5.41) is 3.01. The van der Waals surface area contributed by atoms with Crippen molar-refractivity contribution in [3.05, 3.63) is 28.8 Å². The smallest absolute Gasteiger partial charge is 0.254 e. The first-order chi connectivity index (χ1) is 6.65. The minimum Gasteiger partial charge on any atom is -0.398 e. The first-order valence-corrected chi connectivity index (χ1v) is 4.29. The molecule has 14 heavy (non-hydrogen) atoms. The van der Waals surface area contributed by atoms with Crippen molar-refractivity contribution in [3.8, 4) is 12.3 Å². The molecule has 4 heteroatoms. The molecule has 0 aliphatic heterocycles. The maximum Gasteiger partial charge on any atom is 0.254 e. The topological polar surface area (TPSA) is 55.1 Å². The summed E-state index contributed by atoms with van der Waals surface area (Å²) in [5.41, 5.74) is 6.32. The van der Waals surface area contributed by atoms with Crippen molar-refractivity contribution in [3.63, 3.8) is 0 Å². The lowest BCUT2D eigenvalue weighted by molar-refractivity contribution is 0.0959. The van der Waals surface area contributed by atoms with E-state index in [9.17, 15) is 4.79 Å². The second kappa shape index (κ2) is 4.54. The van der Waals surface area contributed by atoms with E-state index in [0.29, 0.717) is 16.3 Å². The summed E-state index contributed by atoms with van der Waals surface area (Å²) in [4.78, 5) is 11.4. The Morgan fingerprint density at radius 3 is 2.93 bits per heavy atom. The Bertz CT molecular complexity index is 396. The summed E-state index contributed by atoms with van der Waals surface area (Å²) >= 11 is 5.68. The number of rotatable bonds is 2. The highest BCUT2D eigenvalue weighted by atomic mass is 35.5. The van der Waals surface area contributed by atoms with Crippen molar-refractivity contribution in [2.45, 2.75) is 0 Å². The van der Waals surface area contributed by atoms with Crippen LogP contribution in [0.1, 0.15) is 10.4 Å². The number of hydrogen-bond acceptors (Lipinski definition) is 2. The molecule has 3 N–H and O–H groups in total. The van der Waals surface area contributed by atoms with Crippen molar-refractivity contribution < 1.29 is 4.79 Å². The zero-order valence-corrected chi connectivity index (χ0v) is 8.14. The van der Waals surface area contributed by atoms with Gasteiger partial charge in [0.05, 0.1) is 12.1 Å². The van der Waals surface area contributed by atoms with Crippen molar-refractivity contribution in [2.75, 3.05) is 12.3 Å². The van der Waals surface area contributed by atoms with Crippen LogP contribution in [0.3, 0.4) is 0 Å². The van der Waals surface area contributed by atoms with E-state index in [-0.39, 0.29) is 12.5 Å². The van der Waals surface area contributed by atoms with Crippen molar-refractivity contribution in [2.24, 2.45) is 0 Å². The average molecular weight is 209 g/mol. The van der Waals surface area contributed by atoms with Gasteiger partial charge in [-0.1, -0.05) is 17.5 Å². The van der Waals surface area contributed by atoms with E-state index in [1.54, 1.807) is 12.1 Å². The third kappa shape index (κ3) is 2.41. The van der Waals surface area contributed by atoms with Gasteiger partial charge in [-0.05, 0) is 18.2 Å².